The van der Waals surface area contributed by atoms with Crippen molar-refractivity contribution in [1.82, 2.24) is 24.6 Å². The molecule has 0 aromatic carbocycles. The van der Waals surface area contributed by atoms with Gasteiger partial charge in [0.05, 0.1) is 13.1 Å². The van der Waals surface area contributed by atoms with Crippen molar-refractivity contribution in [1.29, 1.82) is 0 Å². The van der Waals surface area contributed by atoms with Crippen molar-refractivity contribution in [3.8, 4) is 0 Å². The van der Waals surface area contributed by atoms with Crippen LogP contribution in [0.3, 0.4) is 0 Å². The number of fused-ring (bicyclic) bond motifs is 1. The van der Waals surface area contributed by atoms with Gasteiger partial charge < -0.3 is 4.90 Å². The van der Waals surface area contributed by atoms with Crippen molar-refractivity contribution >= 4 is 5.91 Å². The van der Waals surface area contributed by atoms with Crippen molar-refractivity contribution in [3.63, 3.8) is 0 Å². The van der Waals surface area contributed by atoms with Crippen molar-refractivity contribution in [2.45, 2.75) is 13.1 Å². The first kappa shape index (κ1) is 10.1. The van der Waals surface area contributed by atoms with Crippen LogP contribution in [-0.4, -0.2) is 58.2 Å². The second kappa shape index (κ2) is 3.62. The molecule has 0 atom stereocenters. The van der Waals surface area contributed by atoms with Crippen LogP contribution in [0.4, 0.5) is 0 Å². The second-order valence-electron chi connectivity index (χ2n) is 4.01. The first-order chi connectivity index (χ1) is 7.08. The lowest BCUT2D eigenvalue weighted by atomic mass is 10.4. The molecule has 0 unspecified atom stereocenters. The predicted molar refractivity (Wildman–Crippen MR) is 54.4 cm³/mol. The van der Waals surface area contributed by atoms with E-state index in [1.54, 1.807) is 14.1 Å². The van der Waals surface area contributed by atoms with Crippen LogP contribution in [0.2, 0.25) is 0 Å². The van der Waals surface area contributed by atoms with E-state index in [0.29, 0.717) is 5.82 Å². The maximum absolute atomic E-state index is 11.6. The fourth-order valence-electron chi connectivity index (χ4n) is 1.55. The third kappa shape index (κ3) is 1.85. The summed E-state index contributed by atoms with van der Waals surface area (Å²) >= 11 is 0. The van der Waals surface area contributed by atoms with E-state index < -0.39 is 0 Å². The van der Waals surface area contributed by atoms with Crippen LogP contribution in [0, 0.1) is 0 Å². The number of likely N-dealkylation sites (N-methyl/N-ethyl adjacent to an activating group) is 1. The summed E-state index contributed by atoms with van der Waals surface area (Å²) < 4.78 is 1.82. The van der Waals surface area contributed by atoms with Gasteiger partial charge in [0, 0.05) is 20.6 Å². The van der Waals surface area contributed by atoms with E-state index in [1.807, 2.05) is 11.7 Å². The molecular weight excluding hydrogens is 194 g/mol. The molecule has 1 amide bonds. The zero-order valence-corrected chi connectivity index (χ0v) is 9.27. The molecule has 1 aromatic rings. The van der Waals surface area contributed by atoms with Gasteiger partial charge in [-0.1, -0.05) is 0 Å². The molecule has 0 spiro atoms. The molecular formula is C9H15N5O. The van der Waals surface area contributed by atoms with Crippen molar-refractivity contribution in [3.05, 3.63) is 11.6 Å². The number of hydrogen-bond donors (Lipinski definition) is 0. The van der Waals surface area contributed by atoms with Gasteiger partial charge in [0.1, 0.15) is 5.82 Å². The maximum Gasteiger partial charge on any atom is 0.293 e. The monoisotopic (exact) mass is 209 g/mol. The van der Waals surface area contributed by atoms with Gasteiger partial charge in [0.2, 0.25) is 5.82 Å². The average Bonchev–Trinajstić information content (AvgIpc) is 2.58. The van der Waals surface area contributed by atoms with Crippen LogP contribution < -0.4 is 0 Å². The first-order valence-electron chi connectivity index (χ1n) is 4.92. The molecule has 0 saturated carbocycles. The van der Waals surface area contributed by atoms with E-state index >= 15 is 0 Å². The summed E-state index contributed by atoms with van der Waals surface area (Å²) in [6.45, 7) is 2.51. The highest BCUT2D eigenvalue weighted by atomic mass is 16.2. The summed E-state index contributed by atoms with van der Waals surface area (Å²) in [5, 5.41) is 4.19. The molecule has 0 N–H and O–H groups in total. The summed E-state index contributed by atoms with van der Waals surface area (Å²) in [5.41, 5.74) is 0. The second-order valence-corrected chi connectivity index (χ2v) is 4.01. The van der Waals surface area contributed by atoms with Crippen molar-refractivity contribution in [2.75, 3.05) is 27.7 Å². The Balaban J connectivity index is 2.26. The quantitative estimate of drug-likeness (QED) is 0.621. The van der Waals surface area contributed by atoms with E-state index in [0.717, 1.165) is 25.5 Å². The Labute approximate surface area is 88.5 Å². The summed E-state index contributed by atoms with van der Waals surface area (Å²) in [7, 11) is 5.44. The first-order valence-corrected chi connectivity index (χ1v) is 4.92. The van der Waals surface area contributed by atoms with Crippen molar-refractivity contribution in [2.24, 2.45) is 0 Å². The van der Waals surface area contributed by atoms with Gasteiger partial charge in [-0.25, -0.2) is 9.67 Å². The lowest BCUT2D eigenvalue weighted by molar-refractivity contribution is 0.0815. The largest absolute Gasteiger partial charge is 0.342 e. The predicted octanol–water partition coefficient (Wildman–Crippen LogP) is -0.575. The van der Waals surface area contributed by atoms with Gasteiger partial charge in [-0.15, -0.1) is 5.10 Å². The van der Waals surface area contributed by atoms with E-state index in [1.165, 1.54) is 4.90 Å². The fraction of sp³-hybridized carbons (Fsp3) is 0.667. The number of nitrogens with zero attached hydrogens (tertiary/aromatic N) is 5. The van der Waals surface area contributed by atoms with Gasteiger partial charge in [0.15, 0.2) is 0 Å². The number of amides is 1. The highest BCUT2D eigenvalue weighted by Gasteiger charge is 2.21. The summed E-state index contributed by atoms with van der Waals surface area (Å²) in [4.78, 5) is 19.5. The average molecular weight is 209 g/mol. The van der Waals surface area contributed by atoms with Gasteiger partial charge in [-0.2, -0.15) is 0 Å². The lowest BCUT2D eigenvalue weighted by Crippen LogP contribution is -2.30. The van der Waals surface area contributed by atoms with Crippen LogP contribution in [0.25, 0.3) is 0 Å². The Hall–Kier alpha value is -1.43. The van der Waals surface area contributed by atoms with Crippen LogP contribution >= 0.6 is 0 Å². The zero-order chi connectivity index (χ0) is 11.0. The molecule has 0 radical (unpaired) electrons. The lowest BCUT2D eigenvalue weighted by Gasteiger charge is -2.21. The Morgan fingerprint density at radius 1 is 1.40 bits per heavy atom. The van der Waals surface area contributed by atoms with Gasteiger partial charge in [0.25, 0.3) is 5.91 Å². The van der Waals surface area contributed by atoms with Gasteiger partial charge in [-0.3, -0.25) is 9.69 Å². The Kier molecular flexibility index (Phi) is 2.44. The number of aromatic nitrogens is 3. The standard InChI is InChI=1S/C9H15N5O/c1-12(2)9(15)8-10-7-6-13(3)4-5-14(7)11-8/h4-6H2,1-3H3. The number of rotatable bonds is 1. The summed E-state index contributed by atoms with van der Waals surface area (Å²) in [6.07, 6.45) is 0. The molecule has 1 aromatic heterocycles. The minimum Gasteiger partial charge on any atom is -0.342 e. The third-order valence-electron chi connectivity index (χ3n) is 2.45. The highest BCUT2D eigenvalue weighted by molar-refractivity contribution is 5.89. The van der Waals surface area contributed by atoms with Gasteiger partial charge in [-0.05, 0) is 7.05 Å². The van der Waals surface area contributed by atoms with Crippen LogP contribution in [0.15, 0.2) is 0 Å². The minimum absolute atomic E-state index is 0.139. The highest BCUT2D eigenvalue weighted by Crippen LogP contribution is 2.08. The molecule has 2 rings (SSSR count). The SMILES string of the molecule is CN1CCn2nc(C(=O)N(C)C)nc2C1. The van der Waals surface area contributed by atoms with E-state index in [-0.39, 0.29) is 5.91 Å². The number of carbonyl (C=O) groups is 1. The normalized spacial score (nSPS) is 16.2. The topological polar surface area (TPSA) is 54.3 Å². The van der Waals surface area contributed by atoms with Crippen LogP contribution in [0.1, 0.15) is 16.4 Å². The molecule has 2 heterocycles. The number of hydrogen-bond acceptors (Lipinski definition) is 4. The molecule has 0 aliphatic carbocycles. The summed E-state index contributed by atoms with van der Waals surface area (Å²) in [6, 6.07) is 0. The van der Waals surface area contributed by atoms with Gasteiger partial charge >= 0.3 is 0 Å². The molecule has 6 heteroatoms. The molecule has 1 aliphatic rings. The van der Waals surface area contributed by atoms with E-state index in [2.05, 4.69) is 15.0 Å². The summed E-state index contributed by atoms with van der Waals surface area (Å²) in [5.74, 6) is 1.03. The van der Waals surface area contributed by atoms with E-state index in [9.17, 15) is 4.79 Å². The van der Waals surface area contributed by atoms with Crippen LogP contribution in [-0.2, 0) is 13.1 Å². The molecule has 82 valence electrons. The zero-order valence-electron chi connectivity index (χ0n) is 9.27. The van der Waals surface area contributed by atoms with E-state index in [4.69, 9.17) is 0 Å². The Bertz CT molecular complexity index is 384. The van der Waals surface area contributed by atoms with Crippen LogP contribution in [0.5, 0.6) is 0 Å². The number of carbonyl (C=O) groups excluding carboxylic acids is 1. The third-order valence-corrected chi connectivity index (χ3v) is 2.45. The fourth-order valence-corrected chi connectivity index (χ4v) is 1.55. The molecule has 6 nitrogen and oxygen atoms in total. The maximum atomic E-state index is 11.6. The molecule has 1 aliphatic heterocycles. The Morgan fingerprint density at radius 2 is 2.13 bits per heavy atom. The molecule has 0 fully saturated rings. The minimum atomic E-state index is -0.139. The van der Waals surface area contributed by atoms with Crippen molar-refractivity contribution < 1.29 is 4.79 Å². The smallest absolute Gasteiger partial charge is 0.293 e. The molecule has 0 bridgehead atoms. The molecule has 15 heavy (non-hydrogen) atoms. The Morgan fingerprint density at radius 3 is 2.80 bits per heavy atom. The molecule has 0 saturated heterocycles.